The summed E-state index contributed by atoms with van der Waals surface area (Å²) in [6, 6.07) is 11.7. The van der Waals surface area contributed by atoms with Crippen molar-refractivity contribution >= 4 is 16.7 Å². The van der Waals surface area contributed by atoms with Crippen molar-refractivity contribution in [1.29, 1.82) is 0 Å². The van der Waals surface area contributed by atoms with Crippen LogP contribution in [0.1, 0.15) is 36.8 Å². The molecule has 0 radical (unpaired) electrons. The molecule has 4 heterocycles. The molecule has 0 aliphatic carbocycles. The Morgan fingerprint density at radius 3 is 2.59 bits per heavy atom. The Kier molecular flexibility index (Phi) is 5.76. The van der Waals surface area contributed by atoms with Crippen LogP contribution < -0.4 is 10.6 Å². The van der Waals surface area contributed by atoms with Crippen LogP contribution in [0.2, 0.25) is 0 Å². The van der Waals surface area contributed by atoms with E-state index in [-0.39, 0.29) is 11.9 Å². The lowest BCUT2D eigenvalue weighted by Gasteiger charge is -2.33. The maximum atomic E-state index is 12.7. The van der Waals surface area contributed by atoms with Gasteiger partial charge in [0.15, 0.2) is 0 Å². The second-order valence-electron chi connectivity index (χ2n) is 8.81. The lowest BCUT2D eigenvalue weighted by Crippen LogP contribution is -2.35. The number of fused-ring (bicyclic) bond motifs is 1. The van der Waals surface area contributed by atoms with E-state index in [4.69, 9.17) is 5.73 Å². The lowest BCUT2D eigenvalue weighted by atomic mass is 9.88. The minimum absolute atomic E-state index is 0.0170. The zero-order valence-electron chi connectivity index (χ0n) is 18.7. The van der Waals surface area contributed by atoms with Gasteiger partial charge in [0.1, 0.15) is 5.82 Å². The number of hydrogen-bond acceptors (Lipinski definition) is 6. The van der Waals surface area contributed by atoms with E-state index in [1.54, 1.807) is 12.1 Å². The third-order valence-electron chi connectivity index (χ3n) is 6.53. The average molecular weight is 470 g/mol. The van der Waals surface area contributed by atoms with E-state index in [1.165, 1.54) is 22.7 Å². The van der Waals surface area contributed by atoms with Crippen LogP contribution in [-0.4, -0.2) is 32.8 Å². The molecule has 1 aliphatic heterocycles. The summed E-state index contributed by atoms with van der Waals surface area (Å²) in [7, 11) is 2.04. The van der Waals surface area contributed by atoms with Crippen molar-refractivity contribution in [1.82, 2.24) is 19.7 Å². The largest absolute Gasteiger partial charge is 0.471 e. The van der Waals surface area contributed by atoms with Crippen molar-refractivity contribution in [3.05, 3.63) is 60.2 Å². The van der Waals surface area contributed by atoms with Gasteiger partial charge in [0.05, 0.1) is 0 Å². The summed E-state index contributed by atoms with van der Waals surface area (Å²) < 4.78 is 44.4. The number of hydrogen-bond donors (Lipinski definition) is 1. The summed E-state index contributed by atoms with van der Waals surface area (Å²) in [5.74, 6) is -0.201. The smallest absolute Gasteiger partial charge is 0.357 e. The number of anilines is 1. The highest BCUT2D eigenvalue weighted by atomic mass is 19.4. The van der Waals surface area contributed by atoms with E-state index in [1.807, 2.05) is 19.2 Å². The topological polar surface area (TPSA) is 86.0 Å². The molecule has 0 amide bonds. The first kappa shape index (κ1) is 22.4. The molecule has 1 atom stereocenters. The van der Waals surface area contributed by atoms with Crippen molar-refractivity contribution in [2.45, 2.75) is 31.5 Å². The van der Waals surface area contributed by atoms with E-state index >= 15 is 0 Å². The van der Waals surface area contributed by atoms with Crippen LogP contribution >= 0.6 is 0 Å². The van der Waals surface area contributed by atoms with Gasteiger partial charge < -0.3 is 19.7 Å². The highest BCUT2D eigenvalue weighted by Gasteiger charge is 2.38. The van der Waals surface area contributed by atoms with Crippen LogP contribution in [-0.2, 0) is 13.2 Å². The maximum Gasteiger partial charge on any atom is 0.471 e. The predicted octanol–water partition coefficient (Wildman–Crippen LogP) is 4.95. The average Bonchev–Trinajstić information content (AvgIpc) is 3.46. The van der Waals surface area contributed by atoms with Gasteiger partial charge in [0, 0.05) is 55.0 Å². The van der Waals surface area contributed by atoms with E-state index in [0.29, 0.717) is 11.5 Å². The van der Waals surface area contributed by atoms with Crippen LogP contribution in [0.5, 0.6) is 0 Å². The van der Waals surface area contributed by atoms with Crippen molar-refractivity contribution in [2.75, 3.05) is 18.0 Å². The number of benzene rings is 1. The zero-order valence-corrected chi connectivity index (χ0v) is 18.7. The van der Waals surface area contributed by atoms with Crippen molar-refractivity contribution in [2.24, 2.45) is 18.7 Å². The maximum absolute atomic E-state index is 12.7. The third-order valence-corrected chi connectivity index (χ3v) is 6.53. The summed E-state index contributed by atoms with van der Waals surface area (Å²) in [6.45, 7) is 1.69. The van der Waals surface area contributed by atoms with E-state index in [2.05, 4.69) is 47.4 Å². The first-order valence-corrected chi connectivity index (χ1v) is 11.2. The fraction of sp³-hybridized carbons (Fsp3) is 0.375. The van der Waals surface area contributed by atoms with Crippen LogP contribution in [0.15, 0.2) is 53.3 Å². The number of alkyl halides is 3. The second-order valence-corrected chi connectivity index (χ2v) is 8.81. The fourth-order valence-corrected chi connectivity index (χ4v) is 4.71. The van der Waals surface area contributed by atoms with Gasteiger partial charge in [-0.2, -0.15) is 18.2 Å². The number of aromatic nitrogens is 4. The Labute approximate surface area is 194 Å². The summed E-state index contributed by atoms with van der Waals surface area (Å²) in [5, 5.41) is 4.62. The van der Waals surface area contributed by atoms with Gasteiger partial charge in [-0.05, 0) is 48.9 Å². The SMILES string of the molecule is Cn1cc(C(N)CC2CCN(c3ccc(-c4noc(C(F)(F)F)n4)cn3)CC2)c2ccccc21. The molecule has 3 aromatic heterocycles. The minimum atomic E-state index is -4.67. The molecule has 34 heavy (non-hydrogen) atoms. The zero-order chi connectivity index (χ0) is 23.9. The highest BCUT2D eigenvalue weighted by Crippen LogP contribution is 2.33. The molecular weight excluding hydrogens is 445 g/mol. The Morgan fingerprint density at radius 2 is 1.91 bits per heavy atom. The highest BCUT2D eigenvalue weighted by molar-refractivity contribution is 5.84. The Hall–Kier alpha value is -3.40. The standard InChI is InChI=1S/C24H25F3N6O/c1-32-14-18(17-4-2-3-5-20(17)32)19(28)12-15-8-10-33(11-9-15)21-7-6-16(13-29-21)22-30-23(34-31-22)24(25,26)27/h2-7,13-15,19H,8-12,28H2,1H3. The molecule has 0 spiro atoms. The second kappa shape index (κ2) is 8.75. The number of para-hydroxylation sites is 1. The summed E-state index contributed by atoms with van der Waals surface area (Å²) >= 11 is 0. The van der Waals surface area contributed by atoms with Gasteiger partial charge in [-0.15, -0.1) is 0 Å². The molecule has 5 rings (SSSR count). The van der Waals surface area contributed by atoms with E-state index in [9.17, 15) is 13.2 Å². The molecule has 0 saturated carbocycles. The van der Waals surface area contributed by atoms with Crippen LogP contribution in [0.4, 0.5) is 19.0 Å². The molecule has 2 N–H and O–H groups in total. The lowest BCUT2D eigenvalue weighted by molar-refractivity contribution is -0.159. The Balaban J connectivity index is 1.19. The number of halogens is 3. The summed E-state index contributed by atoms with van der Waals surface area (Å²) in [5.41, 5.74) is 9.37. The molecule has 4 aromatic rings. The van der Waals surface area contributed by atoms with Gasteiger partial charge in [-0.25, -0.2) is 4.98 Å². The Bertz CT molecular complexity index is 1270. The number of aryl methyl sites for hydroxylation is 1. The van der Waals surface area contributed by atoms with Crippen LogP contribution in [0.25, 0.3) is 22.3 Å². The van der Waals surface area contributed by atoms with Gasteiger partial charge >= 0.3 is 12.1 Å². The number of nitrogens with two attached hydrogens (primary N) is 1. The molecule has 7 nitrogen and oxygen atoms in total. The van der Waals surface area contributed by atoms with E-state index < -0.39 is 12.1 Å². The monoisotopic (exact) mass is 470 g/mol. The van der Waals surface area contributed by atoms with Crippen molar-refractivity contribution in [3.8, 4) is 11.4 Å². The van der Waals surface area contributed by atoms with Crippen molar-refractivity contribution < 1.29 is 17.7 Å². The first-order chi connectivity index (χ1) is 16.3. The summed E-state index contributed by atoms with van der Waals surface area (Å²) in [6.07, 6.45) is 1.87. The molecule has 1 saturated heterocycles. The number of pyridine rings is 1. The molecule has 1 unspecified atom stereocenters. The molecule has 1 aromatic carbocycles. The summed E-state index contributed by atoms with van der Waals surface area (Å²) in [4.78, 5) is 10.0. The molecule has 0 bridgehead atoms. The van der Waals surface area contributed by atoms with Crippen LogP contribution in [0.3, 0.4) is 0 Å². The molecule has 10 heteroatoms. The molecular formula is C24H25F3N6O. The molecule has 1 fully saturated rings. The molecule has 1 aliphatic rings. The third kappa shape index (κ3) is 4.37. The first-order valence-electron chi connectivity index (χ1n) is 11.2. The predicted molar refractivity (Wildman–Crippen MR) is 122 cm³/mol. The quantitative estimate of drug-likeness (QED) is 0.444. The number of piperidine rings is 1. The number of rotatable bonds is 5. The van der Waals surface area contributed by atoms with Gasteiger partial charge in [-0.1, -0.05) is 23.4 Å². The minimum Gasteiger partial charge on any atom is -0.357 e. The normalized spacial score (nSPS) is 16.3. The van der Waals surface area contributed by atoms with Gasteiger partial charge in [0.25, 0.3) is 0 Å². The van der Waals surface area contributed by atoms with Gasteiger partial charge in [-0.3, -0.25) is 0 Å². The van der Waals surface area contributed by atoms with Gasteiger partial charge in [0.2, 0.25) is 5.82 Å². The van der Waals surface area contributed by atoms with E-state index in [0.717, 1.165) is 38.2 Å². The molecule has 178 valence electrons. The fourth-order valence-electron chi connectivity index (χ4n) is 4.71. The number of nitrogens with zero attached hydrogens (tertiary/aromatic N) is 5. The van der Waals surface area contributed by atoms with Crippen LogP contribution in [0, 0.1) is 5.92 Å². The Morgan fingerprint density at radius 1 is 1.15 bits per heavy atom. The van der Waals surface area contributed by atoms with Crippen molar-refractivity contribution in [3.63, 3.8) is 0 Å².